The molecule has 0 heterocycles. The standard InChI is InChI=1S/BO3.3Li.3H3O4P/c2-1(3)4;;;;3*1-5(2,3)4/h;;;;3*(H3,1,2,3,4)/q-3;3*+1;;;. The van der Waals surface area contributed by atoms with E-state index in [0.717, 1.165) is 0 Å². The molecule has 0 aliphatic heterocycles. The van der Waals surface area contributed by atoms with E-state index >= 15 is 0 Å². The summed E-state index contributed by atoms with van der Waals surface area (Å²) in [5.74, 6) is 0. The third-order valence-electron chi connectivity index (χ3n) is 0. The van der Waals surface area contributed by atoms with Crippen LogP contribution in [0.3, 0.4) is 0 Å². The van der Waals surface area contributed by atoms with E-state index in [1.807, 2.05) is 0 Å². The molecule has 0 bridgehead atoms. The van der Waals surface area contributed by atoms with E-state index in [0.29, 0.717) is 0 Å². The molecule has 0 saturated heterocycles. The van der Waals surface area contributed by atoms with Crippen LogP contribution < -0.4 is 71.7 Å². The van der Waals surface area contributed by atoms with E-state index in [1.54, 1.807) is 0 Å². The molecule has 0 aromatic rings. The molecule has 15 nitrogen and oxygen atoms in total. The third-order valence-corrected chi connectivity index (χ3v) is 0. The van der Waals surface area contributed by atoms with Gasteiger partial charge in [0.15, 0.2) is 0 Å². The first-order valence-electron chi connectivity index (χ1n) is 3.05. The van der Waals surface area contributed by atoms with Crippen molar-refractivity contribution in [2.75, 3.05) is 0 Å². The average Bonchev–Trinajstić information content (AvgIpc) is 1.66. The third kappa shape index (κ3) is 2290. The van der Waals surface area contributed by atoms with E-state index in [4.69, 9.17) is 72.8 Å². The summed E-state index contributed by atoms with van der Waals surface area (Å²) in [7, 11) is -16.8. The molecule has 0 radical (unpaired) electrons. The van der Waals surface area contributed by atoms with Gasteiger partial charge in [0.05, 0.1) is 0 Å². The van der Waals surface area contributed by atoms with Crippen LogP contribution in [-0.4, -0.2) is 51.4 Å². The van der Waals surface area contributed by atoms with Crippen LogP contribution in [0.25, 0.3) is 0 Å². The maximum Gasteiger partial charge on any atom is 1.00 e. The molecule has 0 amide bonds. The van der Waals surface area contributed by atoms with E-state index in [2.05, 4.69) is 0 Å². The molecule has 0 saturated carbocycles. The predicted molar refractivity (Wildman–Crippen MR) is 48.5 cm³/mol. The molecule has 120 valence electrons. The van der Waals surface area contributed by atoms with Crippen molar-refractivity contribution in [2.24, 2.45) is 0 Å². The van der Waals surface area contributed by atoms with Gasteiger partial charge in [-0.2, -0.15) is 0 Å². The summed E-state index contributed by atoms with van der Waals surface area (Å²) in [6.07, 6.45) is 0. The first-order chi connectivity index (χ1) is 7.73. The zero-order valence-electron chi connectivity index (χ0n) is 11.4. The van der Waals surface area contributed by atoms with Crippen LogP contribution in [0.1, 0.15) is 0 Å². The van der Waals surface area contributed by atoms with Crippen molar-refractivity contribution in [1.82, 2.24) is 0 Å². The Bertz CT molecular complexity index is 250. The van der Waals surface area contributed by atoms with Gasteiger partial charge in [0.25, 0.3) is 0 Å². The Hall–Kier alpha value is 2.07. The smallest absolute Gasteiger partial charge is 0.907 e. The van der Waals surface area contributed by atoms with Gasteiger partial charge in [-0.05, 0) is 0 Å². The molecule has 0 spiro atoms. The molecule has 9 N–H and O–H groups in total. The van der Waals surface area contributed by atoms with Crippen LogP contribution in [0, 0.1) is 0 Å². The molecule has 0 aromatic carbocycles. The van der Waals surface area contributed by atoms with Gasteiger partial charge in [0.1, 0.15) is 0 Å². The van der Waals surface area contributed by atoms with Crippen molar-refractivity contribution in [3.63, 3.8) is 0 Å². The van der Waals surface area contributed by atoms with Crippen LogP contribution in [0.5, 0.6) is 0 Å². The summed E-state index contributed by atoms with van der Waals surface area (Å²) in [6, 6.07) is 0. The summed E-state index contributed by atoms with van der Waals surface area (Å²) in [5, 5.41) is 25.2. The quantitative estimate of drug-likeness (QED) is 0.140. The number of hydrogen-bond donors (Lipinski definition) is 9. The predicted octanol–water partition coefficient (Wildman–Crippen LogP) is -15.7. The van der Waals surface area contributed by atoms with Crippen molar-refractivity contribution in [1.29, 1.82) is 0 Å². The second-order valence-corrected chi connectivity index (χ2v) is 4.91. The van der Waals surface area contributed by atoms with Crippen molar-refractivity contribution in [3.05, 3.63) is 0 Å². The van der Waals surface area contributed by atoms with Gasteiger partial charge in [0.2, 0.25) is 0 Å². The second-order valence-electron chi connectivity index (χ2n) is 1.83. The van der Waals surface area contributed by atoms with Crippen LogP contribution in [0.4, 0.5) is 0 Å². The average molecular weight is 374 g/mol. The Labute approximate surface area is 159 Å². The maximum absolute atomic E-state index is 8.88. The fourth-order valence-corrected chi connectivity index (χ4v) is 0. The summed E-state index contributed by atoms with van der Waals surface area (Å²) in [5.41, 5.74) is 0. The Balaban J connectivity index is -0.0000000262. The molecule has 22 heavy (non-hydrogen) atoms. The number of hydrogen-bond acceptors (Lipinski definition) is 6. The summed E-state index contributed by atoms with van der Waals surface area (Å²) < 4.78 is 26.6. The minimum absolute atomic E-state index is 0. The van der Waals surface area contributed by atoms with Gasteiger partial charge in [-0.15, -0.1) is 0 Å². The summed E-state index contributed by atoms with van der Waals surface area (Å²) in [4.78, 5) is 64.7. The topological polar surface area (TPSA) is 302 Å². The fourth-order valence-electron chi connectivity index (χ4n) is 0. The van der Waals surface area contributed by atoms with Gasteiger partial charge < -0.3 is 59.1 Å². The molecular weight excluding hydrogens is 365 g/mol. The second kappa shape index (κ2) is 21.1. The Morgan fingerprint density at radius 2 is 0.500 bits per heavy atom. The SMILES string of the molecule is O=P(O)(O)O.O=P(O)(O)O.O=P(O)(O)O.[Li+].[Li+].[Li+].[O-]B([O-])[O-]. The first-order valence-corrected chi connectivity index (χ1v) is 7.75. The number of phosphoric acid groups is 3. The minimum Gasteiger partial charge on any atom is -0.907 e. The molecule has 0 atom stereocenters. The molecule has 0 aliphatic rings. The van der Waals surface area contributed by atoms with Gasteiger partial charge in [-0.3, -0.25) is 7.32 Å². The molecule has 0 aromatic heterocycles. The van der Waals surface area contributed by atoms with Crippen LogP contribution in [0.15, 0.2) is 0 Å². The van der Waals surface area contributed by atoms with E-state index in [1.165, 1.54) is 0 Å². The molecule has 0 aliphatic carbocycles. The van der Waals surface area contributed by atoms with E-state index < -0.39 is 30.8 Å². The monoisotopic (exact) mass is 374 g/mol. The Kier molecular flexibility index (Phi) is 42.2. The molecule has 0 unspecified atom stereocenters. The molecule has 22 heteroatoms. The Morgan fingerprint density at radius 3 is 0.500 bits per heavy atom. The van der Waals surface area contributed by atoms with E-state index in [-0.39, 0.29) is 56.6 Å². The summed E-state index contributed by atoms with van der Waals surface area (Å²) in [6.45, 7) is 0. The fraction of sp³-hybridized carbons (Fsp3) is 0. The zero-order chi connectivity index (χ0) is 17.1. The largest absolute Gasteiger partial charge is 1.00 e. The van der Waals surface area contributed by atoms with Crippen LogP contribution in [0.2, 0.25) is 0 Å². The van der Waals surface area contributed by atoms with Crippen LogP contribution >= 0.6 is 23.5 Å². The number of rotatable bonds is 0. The maximum atomic E-state index is 8.88. The minimum atomic E-state index is -4.64. The molecule has 0 fully saturated rings. The zero-order valence-corrected chi connectivity index (χ0v) is 14.1. The summed E-state index contributed by atoms with van der Waals surface area (Å²) >= 11 is 0. The van der Waals surface area contributed by atoms with Crippen molar-refractivity contribution in [2.45, 2.75) is 0 Å². The Morgan fingerprint density at radius 1 is 0.500 bits per heavy atom. The molecule has 0 rings (SSSR count). The van der Waals surface area contributed by atoms with Gasteiger partial charge in [-0.1, -0.05) is 0 Å². The van der Waals surface area contributed by atoms with E-state index in [9.17, 15) is 0 Å². The molecular formula is H9BLi3O15P3. The van der Waals surface area contributed by atoms with Gasteiger partial charge >= 0.3 is 80.0 Å². The first kappa shape index (κ1) is 44.0. The van der Waals surface area contributed by atoms with Crippen molar-refractivity contribution >= 4 is 30.8 Å². The van der Waals surface area contributed by atoms with Crippen molar-refractivity contribution in [3.8, 4) is 0 Å². The van der Waals surface area contributed by atoms with Gasteiger partial charge in [0, 0.05) is 0 Å². The van der Waals surface area contributed by atoms with Gasteiger partial charge in [-0.25, -0.2) is 13.7 Å². The normalized spacial score (nSPS) is 9.27. The van der Waals surface area contributed by atoms with Crippen molar-refractivity contribution < 1.29 is 129 Å². The van der Waals surface area contributed by atoms with Crippen LogP contribution in [-0.2, 0) is 13.7 Å².